The van der Waals surface area contributed by atoms with Crippen molar-refractivity contribution >= 4 is 5.97 Å². The van der Waals surface area contributed by atoms with Gasteiger partial charge in [-0.1, -0.05) is 0 Å². The molecular weight excluding hydrogens is 285 g/mol. The molecule has 0 radical (unpaired) electrons. The summed E-state index contributed by atoms with van der Waals surface area (Å²) in [6, 6.07) is 0. The predicted octanol–water partition coefficient (Wildman–Crippen LogP) is 1.95. The molecule has 0 aliphatic rings. The maximum atomic E-state index is 12.9. The first-order valence-electron chi connectivity index (χ1n) is 3.55. The zero-order valence-electron chi connectivity index (χ0n) is 7.98. The topological polar surface area (TPSA) is 46.5 Å². The van der Waals surface area contributed by atoms with E-state index in [-0.39, 0.29) is 19.5 Å². The number of carboxylic acids is 1. The molecule has 1 aromatic carbocycles. The first kappa shape index (κ1) is 14.8. The van der Waals surface area contributed by atoms with Gasteiger partial charge in [-0.3, -0.25) is 0 Å². The Morgan fingerprint density at radius 3 is 1.69 bits per heavy atom. The maximum Gasteiger partial charge on any atom is 0.341 e. The van der Waals surface area contributed by atoms with Crippen molar-refractivity contribution in [3.8, 4) is 5.75 Å². The number of carbonyl (C=O) groups is 1. The monoisotopic (exact) mass is 288 g/mol. The Bertz CT molecular complexity index is 407. The van der Waals surface area contributed by atoms with Crippen LogP contribution < -0.4 is 4.74 Å². The largest absolute Gasteiger partial charge is 0.491 e. The van der Waals surface area contributed by atoms with Crippen molar-refractivity contribution in [2.75, 3.05) is 7.11 Å². The van der Waals surface area contributed by atoms with Gasteiger partial charge in [0.1, 0.15) is 5.56 Å². The summed E-state index contributed by atoms with van der Waals surface area (Å²) in [7, 11) is 0.792. The van der Waals surface area contributed by atoms with E-state index >= 15 is 0 Å². The molecule has 1 aromatic rings. The minimum Gasteiger partial charge on any atom is -0.491 e. The number of aromatic carboxylic acids is 1. The van der Waals surface area contributed by atoms with Crippen LogP contribution in [0.25, 0.3) is 0 Å². The van der Waals surface area contributed by atoms with Crippen LogP contribution in [-0.4, -0.2) is 18.2 Å². The Morgan fingerprint density at radius 2 is 1.44 bits per heavy atom. The Balaban J connectivity index is 0.00000225. The summed E-state index contributed by atoms with van der Waals surface area (Å²) < 4.78 is 55.6. The van der Waals surface area contributed by atoms with Gasteiger partial charge in [-0.15, -0.1) is 0 Å². The molecule has 0 atom stereocenters. The molecular formula is C8H4F4O3Zn. The Hall–Kier alpha value is -1.17. The van der Waals surface area contributed by atoms with Crippen molar-refractivity contribution in [2.24, 2.45) is 0 Å². The van der Waals surface area contributed by atoms with E-state index in [2.05, 4.69) is 4.74 Å². The summed E-state index contributed by atoms with van der Waals surface area (Å²) in [4.78, 5) is 10.3. The van der Waals surface area contributed by atoms with Gasteiger partial charge in [0.2, 0.25) is 11.6 Å². The van der Waals surface area contributed by atoms with Gasteiger partial charge in [0, 0.05) is 19.5 Å². The van der Waals surface area contributed by atoms with Crippen LogP contribution in [0.15, 0.2) is 0 Å². The Kier molecular flexibility index (Phi) is 4.87. The normalized spacial score (nSPS) is 9.56. The van der Waals surface area contributed by atoms with Crippen LogP contribution in [0.2, 0.25) is 0 Å². The van der Waals surface area contributed by atoms with Crippen LogP contribution in [0.5, 0.6) is 5.75 Å². The van der Waals surface area contributed by atoms with Crippen LogP contribution in [0.4, 0.5) is 17.6 Å². The van der Waals surface area contributed by atoms with Crippen molar-refractivity contribution < 1.29 is 51.7 Å². The maximum absolute atomic E-state index is 12.9. The van der Waals surface area contributed by atoms with Crippen LogP contribution in [0, 0.1) is 23.3 Å². The van der Waals surface area contributed by atoms with Crippen molar-refractivity contribution in [2.45, 2.75) is 0 Å². The zero-order chi connectivity index (χ0) is 11.7. The Morgan fingerprint density at radius 1 is 1.06 bits per heavy atom. The third-order valence-corrected chi connectivity index (χ3v) is 1.64. The molecule has 0 bridgehead atoms. The number of benzene rings is 1. The van der Waals surface area contributed by atoms with Gasteiger partial charge in [-0.25, -0.2) is 13.6 Å². The molecule has 0 heterocycles. The molecule has 0 aliphatic heterocycles. The number of hydrogen-bond donors (Lipinski definition) is 1. The van der Waals surface area contributed by atoms with Gasteiger partial charge >= 0.3 is 5.97 Å². The first-order valence-corrected chi connectivity index (χ1v) is 3.55. The van der Waals surface area contributed by atoms with E-state index in [1.54, 1.807) is 0 Å². The summed E-state index contributed by atoms with van der Waals surface area (Å²) in [5, 5.41) is 8.30. The molecule has 0 aliphatic carbocycles. The van der Waals surface area contributed by atoms with E-state index in [4.69, 9.17) is 5.11 Å². The number of methoxy groups -OCH3 is 1. The Labute approximate surface area is 99.8 Å². The van der Waals surface area contributed by atoms with Crippen LogP contribution >= 0.6 is 0 Å². The second kappa shape index (κ2) is 5.25. The molecule has 1 N–H and O–H groups in total. The smallest absolute Gasteiger partial charge is 0.341 e. The molecule has 1 rings (SSSR count). The van der Waals surface area contributed by atoms with Gasteiger partial charge < -0.3 is 9.84 Å². The quantitative estimate of drug-likeness (QED) is 0.514. The van der Waals surface area contributed by atoms with Crippen molar-refractivity contribution in [3.05, 3.63) is 28.8 Å². The average molecular weight is 289 g/mol. The minimum atomic E-state index is -2.11. The van der Waals surface area contributed by atoms with Gasteiger partial charge in [0.25, 0.3) is 0 Å². The summed E-state index contributed by atoms with van der Waals surface area (Å²) in [5.74, 6) is -11.2. The van der Waals surface area contributed by atoms with Gasteiger partial charge in [0.15, 0.2) is 17.4 Å². The molecule has 16 heavy (non-hydrogen) atoms. The predicted molar refractivity (Wildman–Crippen MR) is 39.8 cm³/mol. The van der Waals surface area contributed by atoms with Crippen molar-refractivity contribution in [3.63, 3.8) is 0 Å². The summed E-state index contributed by atoms with van der Waals surface area (Å²) in [6.45, 7) is 0. The van der Waals surface area contributed by atoms with E-state index in [0.29, 0.717) is 0 Å². The summed E-state index contributed by atoms with van der Waals surface area (Å²) >= 11 is 0. The summed E-state index contributed by atoms with van der Waals surface area (Å²) in [6.07, 6.45) is 0. The fourth-order valence-electron chi connectivity index (χ4n) is 0.979. The van der Waals surface area contributed by atoms with Crippen LogP contribution in [0.3, 0.4) is 0 Å². The molecule has 0 saturated carbocycles. The van der Waals surface area contributed by atoms with Gasteiger partial charge in [-0.2, -0.15) is 8.78 Å². The number of hydrogen-bond acceptors (Lipinski definition) is 2. The summed E-state index contributed by atoms with van der Waals surface area (Å²) in [5.41, 5.74) is -1.69. The second-order valence-electron chi connectivity index (χ2n) is 2.47. The fraction of sp³-hybridized carbons (Fsp3) is 0.125. The number of halogens is 4. The number of carboxylic acid groups (broad SMARTS) is 1. The molecule has 3 nitrogen and oxygen atoms in total. The van der Waals surface area contributed by atoms with E-state index in [1.807, 2.05) is 0 Å². The van der Waals surface area contributed by atoms with Gasteiger partial charge in [0.05, 0.1) is 7.11 Å². The average Bonchev–Trinajstić information content (AvgIpc) is 2.16. The van der Waals surface area contributed by atoms with Crippen molar-refractivity contribution in [1.29, 1.82) is 0 Å². The molecule has 84 valence electrons. The molecule has 0 spiro atoms. The number of rotatable bonds is 2. The van der Waals surface area contributed by atoms with E-state index in [1.165, 1.54) is 0 Å². The molecule has 0 amide bonds. The standard InChI is InChI=1S/C8H4F4O3.Zn/c1-15-7-5(11)3(9)2(8(13)14)4(10)6(7)12;/h1H3,(H,13,14);. The molecule has 8 heteroatoms. The third kappa shape index (κ3) is 2.16. The second-order valence-corrected chi connectivity index (χ2v) is 2.47. The van der Waals surface area contributed by atoms with Crippen LogP contribution in [0.1, 0.15) is 10.4 Å². The third-order valence-electron chi connectivity index (χ3n) is 1.64. The van der Waals surface area contributed by atoms with Gasteiger partial charge in [-0.05, 0) is 0 Å². The van der Waals surface area contributed by atoms with Crippen molar-refractivity contribution in [1.82, 2.24) is 0 Å². The fourth-order valence-corrected chi connectivity index (χ4v) is 0.979. The first-order chi connectivity index (χ1) is 6.91. The minimum absolute atomic E-state index is 0. The number of ether oxygens (including phenoxy) is 1. The zero-order valence-corrected chi connectivity index (χ0v) is 10.9. The molecule has 0 aromatic heterocycles. The van der Waals surface area contributed by atoms with E-state index in [0.717, 1.165) is 7.11 Å². The molecule has 0 fully saturated rings. The molecule has 0 saturated heterocycles. The molecule has 0 unspecified atom stereocenters. The van der Waals surface area contributed by atoms with E-state index in [9.17, 15) is 22.4 Å². The van der Waals surface area contributed by atoms with E-state index < -0.39 is 40.6 Å². The van der Waals surface area contributed by atoms with Crippen LogP contribution in [-0.2, 0) is 19.5 Å². The SMILES string of the molecule is COc1c(F)c(F)c(C(=O)O)c(F)c1F.[Zn].